The highest BCUT2D eigenvalue weighted by atomic mass is 16.4. The van der Waals surface area contributed by atoms with Crippen LogP contribution in [0.5, 0.6) is 0 Å². The third kappa shape index (κ3) is 4.49. The number of hydrogen-bond donors (Lipinski definition) is 2. The Morgan fingerprint density at radius 2 is 2.00 bits per heavy atom. The lowest BCUT2D eigenvalue weighted by Gasteiger charge is -2.03. The van der Waals surface area contributed by atoms with E-state index in [9.17, 15) is 9.59 Å². The van der Waals surface area contributed by atoms with Crippen LogP contribution in [-0.2, 0) is 9.59 Å². The first-order valence-corrected chi connectivity index (χ1v) is 3.71. The highest BCUT2D eigenvalue weighted by Gasteiger charge is 2.12. The Morgan fingerprint density at radius 3 is 2.33 bits per heavy atom. The summed E-state index contributed by atoms with van der Waals surface area (Å²) in [7, 11) is 0. The first-order chi connectivity index (χ1) is 5.57. The normalized spacial score (nSPS) is 13.1. The second kappa shape index (κ2) is 5.35. The molecular formula is C8H12O4. The van der Waals surface area contributed by atoms with E-state index in [0.29, 0.717) is 6.42 Å². The van der Waals surface area contributed by atoms with E-state index in [-0.39, 0.29) is 0 Å². The van der Waals surface area contributed by atoms with Gasteiger partial charge in [0.2, 0.25) is 0 Å². The van der Waals surface area contributed by atoms with Gasteiger partial charge in [0.25, 0.3) is 0 Å². The highest BCUT2D eigenvalue weighted by molar-refractivity contribution is 5.81. The van der Waals surface area contributed by atoms with Gasteiger partial charge >= 0.3 is 11.9 Å². The molecule has 1 atom stereocenters. The molecule has 0 radical (unpaired) electrons. The zero-order valence-corrected chi connectivity index (χ0v) is 6.86. The third-order valence-corrected chi connectivity index (χ3v) is 1.39. The summed E-state index contributed by atoms with van der Waals surface area (Å²) in [5.41, 5.74) is 0. The number of aliphatic carboxylic acids is 2. The predicted octanol–water partition coefficient (Wildman–Crippen LogP) is 1.13. The Balaban J connectivity index is 4.12. The Labute approximate surface area is 70.5 Å². The maximum absolute atomic E-state index is 10.5. The lowest BCUT2D eigenvalue weighted by molar-refractivity contribution is -0.140. The van der Waals surface area contributed by atoms with Gasteiger partial charge in [0, 0.05) is 6.08 Å². The quantitative estimate of drug-likeness (QED) is 0.609. The minimum absolute atomic E-state index is 0.471. The molecule has 0 aromatic carbocycles. The maximum atomic E-state index is 10.5. The number of carbonyl (C=O) groups is 2. The number of carboxylic acid groups (broad SMARTS) is 2. The van der Waals surface area contributed by atoms with Crippen LogP contribution in [0.15, 0.2) is 12.2 Å². The Bertz CT molecular complexity index is 195. The second-order valence-corrected chi connectivity index (χ2v) is 2.43. The van der Waals surface area contributed by atoms with Crippen molar-refractivity contribution in [3.8, 4) is 0 Å². The largest absolute Gasteiger partial charge is 0.481 e. The van der Waals surface area contributed by atoms with Gasteiger partial charge in [-0.15, -0.1) is 0 Å². The van der Waals surface area contributed by atoms with Crippen LogP contribution in [0.25, 0.3) is 0 Å². The van der Waals surface area contributed by atoms with Crippen LogP contribution < -0.4 is 0 Å². The molecule has 0 aromatic rings. The third-order valence-electron chi connectivity index (χ3n) is 1.39. The van der Waals surface area contributed by atoms with Gasteiger partial charge in [0.05, 0.1) is 5.92 Å². The molecule has 0 aromatic heterocycles. The van der Waals surface area contributed by atoms with Crippen LogP contribution in [0.2, 0.25) is 0 Å². The SMILES string of the molecule is CCCC(C=CC(=O)O)C(=O)O. The van der Waals surface area contributed by atoms with Crippen molar-refractivity contribution in [2.45, 2.75) is 19.8 Å². The van der Waals surface area contributed by atoms with Gasteiger partial charge in [0.15, 0.2) is 0 Å². The monoisotopic (exact) mass is 172 g/mol. The van der Waals surface area contributed by atoms with Gasteiger partial charge in [-0.3, -0.25) is 4.79 Å². The van der Waals surface area contributed by atoms with E-state index in [4.69, 9.17) is 10.2 Å². The van der Waals surface area contributed by atoms with E-state index in [0.717, 1.165) is 12.5 Å². The molecular weight excluding hydrogens is 160 g/mol. The Morgan fingerprint density at radius 1 is 1.42 bits per heavy atom. The van der Waals surface area contributed by atoms with Gasteiger partial charge in [-0.25, -0.2) is 4.79 Å². The smallest absolute Gasteiger partial charge is 0.328 e. The van der Waals surface area contributed by atoms with Crippen molar-refractivity contribution >= 4 is 11.9 Å². The van der Waals surface area contributed by atoms with Crippen molar-refractivity contribution in [2.75, 3.05) is 0 Å². The molecule has 0 saturated heterocycles. The summed E-state index contributed by atoms with van der Waals surface area (Å²) in [6.45, 7) is 1.85. The fourth-order valence-electron chi connectivity index (χ4n) is 0.811. The molecule has 1 unspecified atom stereocenters. The van der Waals surface area contributed by atoms with Gasteiger partial charge in [-0.05, 0) is 6.42 Å². The number of carboxylic acids is 2. The van der Waals surface area contributed by atoms with Gasteiger partial charge < -0.3 is 10.2 Å². The zero-order valence-electron chi connectivity index (χ0n) is 6.86. The molecule has 12 heavy (non-hydrogen) atoms. The molecule has 0 spiro atoms. The van der Waals surface area contributed by atoms with Gasteiger partial charge in [0.1, 0.15) is 0 Å². The molecule has 0 saturated carbocycles. The highest BCUT2D eigenvalue weighted by Crippen LogP contribution is 2.07. The van der Waals surface area contributed by atoms with Crippen molar-refractivity contribution < 1.29 is 19.8 Å². The van der Waals surface area contributed by atoms with Crippen LogP contribution >= 0.6 is 0 Å². The van der Waals surface area contributed by atoms with Crippen molar-refractivity contribution in [3.05, 3.63) is 12.2 Å². The molecule has 0 fully saturated rings. The van der Waals surface area contributed by atoms with Gasteiger partial charge in [-0.1, -0.05) is 19.4 Å². The van der Waals surface area contributed by atoms with Crippen LogP contribution in [-0.4, -0.2) is 22.2 Å². The molecule has 2 N–H and O–H groups in total. The maximum Gasteiger partial charge on any atom is 0.328 e. The molecule has 0 rings (SSSR count). The Hall–Kier alpha value is -1.32. The molecule has 0 aliphatic carbocycles. The van der Waals surface area contributed by atoms with Crippen LogP contribution in [0.3, 0.4) is 0 Å². The molecule has 0 aliphatic rings. The molecule has 0 aliphatic heterocycles. The van der Waals surface area contributed by atoms with Gasteiger partial charge in [-0.2, -0.15) is 0 Å². The Kier molecular flexibility index (Phi) is 4.76. The van der Waals surface area contributed by atoms with Crippen molar-refractivity contribution in [3.63, 3.8) is 0 Å². The van der Waals surface area contributed by atoms with Crippen molar-refractivity contribution in [1.82, 2.24) is 0 Å². The second-order valence-electron chi connectivity index (χ2n) is 2.43. The van der Waals surface area contributed by atoms with Crippen LogP contribution in [0.4, 0.5) is 0 Å². The number of hydrogen-bond acceptors (Lipinski definition) is 2. The minimum atomic E-state index is -1.11. The summed E-state index contributed by atoms with van der Waals surface area (Å²) in [6.07, 6.45) is 3.27. The summed E-state index contributed by atoms with van der Waals surface area (Å²) < 4.78 is 0. The van der Waals surface area contributed by atoms with E-state index in [2.05, 4.69) is 0 Å². The topological polar surface area (TPSA) is 74.6 Å². The molecule has 68 valence electrons. The number of rotatable bonds is 5. The average molecular weight is 172 g/mol. The predicted molar refractivity (Wildman–Crippen MR) is 42.8 cm³/mol. The standard InChI is InChI=1S/C8H12O4/c1-2-3-6(8(11)12)4-5-7(9)10/h4-6H,2-3H2,1H3,(H,9,10)(H,11,12). The molecule has 0 heterocycles. The van der Waals surface area contributed by atoms with E-state index < -0.39 is 17.9 Å². The lowest BCUT2D eigenvalue weighted by atomic mass is 10.0. The summed E-state index contributed by atoms with van der Waals surface area (Å²) in [4.78, 5) is 20.5. The van der Waals surface area contributed by atoms with E-state index in [1.165, 1.54) is 6.08 Å². The van der Waals surface area contributed by atoms with E-state index in [1.54, 1.807) is 0 Å². The zero-order chi connectivity index (χ0) is 9.56. The molecule has 0 amide bonds. The van der Waals surface area contributed by atoms with Crippen molar-refractivity contribution in [2.24, 2.45) is 5.92 Å². The average Bonchev–Trinajstić information content (AvgIpc) is 1.96. The molecule has 4 heteroatoms. The fraction of sp³-hybridized carbons (Fsp3) is 0.500. The summed E-state index contributed by atoms with van der Waals surface area (Å²) in [5, 5.41) is 16.8. The lowest BCUT2D eigenvalue weighted by Crippen LogP contribution is -2.10. The summed E-state index contributed by atoms with van der Waals surface area (Å²) >= 11 is 0. The first-order valence-electron chi connectivity index (χ1n) is 3.71. The van der Waals surface area contributed by atoms with Crippen molar-refractivity contribution in [1.29, 1.82) is 0 Å². The minimum Gasteiger partial charge on any atom is -0.481 e. The van der Waals surface area contributed by atoms with E-state index >= 15 is 0 Å². The molecule has 0 bridgehead atoms. The summed E-state index contributed by atoms with van der Waals surface area (Å²) in [5.74, 6) is -2.77. The van der Waals surface area contributed by atoms with Crippen LogP contribution in [0.1, 0.15) is 19.8 Å². The van der Waals surface area contributed by atoms with Crippen LogP contribution in [0, 0.1) is 5.92 Å². The fourth-order valence-corrected chi connectivity index (χ4v) is 0.811. The molecule has 4 nitrogen and oxygen atoms in total. The first kappa shape index (κ1) is 10.7. The summed E-state index contributed by atoms with van der Waals surface area (Å²) in [6, 6.07) is 0. The van der Waals surface area contributed by atoms with E-state index in [1.807, 2.05) is 6.92 Å².